The summed E-state index contributed by atoms with van der Waals surface area (Å²) in [5.41, 5.74) is 5.05. The first-order valence-electron chi connectivity index (χ1n) is 5.83. The van der Waals surface area contributed by atoms with Gasteiger partial charge in [-0.25, -0.2) is 13.1 Å². The second-order valence-corrected chi connectivity index (χ2v) is 6.03. The third-order valence-electron chi connectivity index (χ3n) is 2.69. The Balaban J connectivity index is 2.19. The fourth-order valence-electron chi connectivity index (χ4n) is 1.60. The zero-order chi connectivity index (χ0) is 15.6. The monoisotopic (exact) mass is 315 g/mol. The van der Waals surface area contributed by atoms with Gasteiger partial charge in [0.05, 0.1) is 10.6 Å². The highest BCUT2D eigenvalue weighted by atomic mass is 32.2. The molecule has 1 unspecified atom stereocenters. The van der Waals surface area contributed by atoms with Crippen LogP contribution in [0.4, 0.5) is 5.69 Å². The lowest BCUT2D eigenvalue weighted by molar-refractivity contribution is -0.125. The van der Waals surface area contributed by atoms with Crippen LogP contribution in [0.3, 0.4) is 0 Å². The lowest BCUT2D eigenvalue weighted by Gasteiger charge is -2.18. The molecule has 2 rings (SSSR count). The third-order valence-corrected chi connectivity index (χ3v) is 4.11. The molecule has 2 amide bonds. The van der Waals surface area contributed by atoms with Crippen LogP contribution in [0.15, 0.2) is 23.1 Å². The summed E-state index contributed by atoms with van der Waals surface area (Å²) in [6.07, 6.45) is -1.62. The predicted molar refractivity (Wildman–Crippen MR) is 71.0 cm³/mol. The van der Waals surface area contributed by atoms with E-state index in [0.717, 1.165) is 0 Å². The summed E-state index contributed by atoms with van der Waals surface area (Å²) < 4.78 is 31.1. The largest absolute Gasteiger partial charge is 0.482 e. The maximum absolute atomic E-state index is 12.0. The first kappa shape index (κ1) is 15.2. The maximum atomic E-state index is 12.0. The standard InChI is InChI=1S/C11H13N3O6S/c12-11(17)8(15)4-13-21(18,19)6-1-2-9-7(3-6)14-10(16)5-20-9/h1-3,8,13,15H,4-5H2,(H2,12,17)(H,14,16). The van der Waals surface area contributed by atoms with Crippen molar-refractivity contribution in [2.24, 2.45) is 5.73 Å². The lowest BCUT2D eigenvalue weighted by atomic mass is 10.2. The third kappa shape index (κ3) is 3.48. The molecule has 114 valence electrons. The summed E-state index contributed by atoms with van der Waals surface area (Å²) in [6, 6.07) is 3.88. The highest BCUT2D eigenvalue weighted by Gasteiger charge is 2.22. The molecule has 1 aliphatic heterocycles. The number of carbonyl (C=O) groups excluding carboxylic acids is 2. The van der Waals surface area contributed by atoms with Crippen molar-refractivity contribution in [2.45, 2.75) is 11.0 Å². The summed E-state index contributed by atoms with van der Waals surface area (Å²) in [7, 11) is -3.96. The Kier molecular flexibility index (Phi) is 4.11. The average molecular weight is 315 g/mol. The number of sulfonamides is 1. The summed E-state index contributed by atoms with van der Waals surface area (Å²) >= 11 is 0. The Morgan fingerprint density at radius 1 is 1.52 bits per heavy atom. The van der Waals surface area contributed by atoms with Crippen molar-refractivity contribution in [1.29, 1.82) is 0 Å². The van der Waals surface area contributed by atoms with Gasteiger partial charge in [0.2, 0.25) is 15.9 Å². The molecule has 9 nitrogen and oxygen atoms in total. The number of anilines is 1. The van der Waals surface area contributed by atoms with Crippen molar-refractivity contribution in [1.82, 2.24) is 4.72 Å². The number of aliphatic hydroxyl groups excluding tert-OH is 1. The summed E-state index contributed by atoms with van der Waals surface area (Å²) in [4.78, 5) is 21.7. The number of benzene rings is 1. The van der Waals surface area contributed by atoms with E-state index in [4.69, 9.17) is 10.5 Å². The number of fused-ring (bicyclic) bond motifs is 1. The Hall–Kier alpha value is -2.17. The number of carbonyl (C=O) groups is 2. The molecule has 21 heavy (non-hydrogen) atoms. The SMILES string of the molecule is NC(=O)C(O)CNS(=O)(=O)c1ccc2c(c1)NC(=O)CO2. The van der Waals surface area contributed by atoms with Gasteiger partial charge < -0.3 is 20.9 Å². The van der Waals surface area contributed by atoms with Gasteiger partial charge in [-0.1, -0.05) is 0 Å². The normalized spacial score (nSPS) is 15.6. The van der Waals surface area contributed by atoms with E-state index in [0.29, 0.717) is 5.75 Å². The maximum Gasteiger partial charge on any atom is 0.262 e. The molecule has 0 aliphatic carbocycles. The van der Waals surface area contributed by atoms with Gasteiger partial charge in [0, 0.05) is 6.54 Å². The Bertz CT molecular complexity index is 687. The second kappa shape index (κ2) is 5.68. The molecule has 1 aliphatic rings. The lowest BCUT2D eigenvalue weighted by Crippen LogP contribution is -2.40. The number of hydrogen-bond acceptors (Lipinski definition) is 6. The van der Waals surface area contributed by atoms with Gasteiger partial charge in [0.1, 0.15) is 11.9 Å². The number of amides is 2. The van der Waals surface area contributed by atoms with E-state index in [1.54, 1.807) is 0 Å². The van der Waals surface area contributed by atoms with Gasteiger partial charge >= 0.3 is 0 Å². The van der Waals surface area contributed by atoms with Crippen LogP contribution < -0.4 is 20.5 Å². The van der Waals surface area contributed by atoms with Crippen LogP contribution in [0.1, 0.15) is 0 Å². The molecule has 0 bridgehead atoms. The van der Waals surface area contributed by atoms with Crippen LogP contribution in [-0.4, -0.2) is 44.6 Å². The molecular formula is C11H13N3O6S. The van der Waals surface area contributed by atoms with E-state index in [1.807, 2.05) is 4.72 Å². The fraction of sp³-hybridized carbons (Fsp3) is 0.273. The van der Waals surface area contributed by atoms with Gasteiger partial charge in [0.15, 0.2) is 6.61 Å². The highest BCUT2D eigenvalue weighted by molar-refractivity contribution is 7.89. The summed E-state index contributed by atoms with van der Waals surface area (Å²) in [6.45, 7) is -0.681. The molecule has 0 saturated carbocycles. The van der Waals surface area contributed by atoms with Gasteiger partial charge in [-0.3, -0.25) is 9.59 Å². The first-order chi connectivity index (χ1) is 9.79. The van der Waals surface area contributed by atoms with E-state index in [9.17, 15) is 23.1 Å². The van der Waals surface area contributed by atoms with Crippen molar-refractivity contribution >= 4 is 27.5 Å². The van der Waals surface area contributed by atoms with E-state index in [1.165, 1.54) is 18.2 Å². The van der Waals surface area contributed by atoms with E-state index in [2.05, 4.69) is 5.32 Å². The molecule has 0 aromatic heterocycles. The van der Waals surface area contributed by atoms with Crippen molar-refractivity contribution in [3.05, 3.63) is 18.2 Å². The van der Waals surface area contributed by atoms with E-state index >= 15 is 0 Å². The summed E-state index contributed by atoms with van der Waals surface area (Å²) in [5.74, 6) is -1.08. The second-order valence-electron chi connectivity index (χ2n) is 4.26. The van der Waals surface area contributed by atoms with Crippen molar-refractivity contribution in [3.63, 3.8) is 0 Å². The van der Waals surface area contributed by atoms with Crippen LogP contribution in [0.5, 0.6) is 5.75 Å². The van der Waals surface area contributed by atoms with Crippen LogP contribution in [0.25, 0.3) is 0 Å². The smallest absolute Gasteiger partial charge is 0.262 e. The minimum Gasteiger partial charge on any atom is -0.482 e. The number of aliphatic hydroxyl groups is 1. The molecule has 1 atom stereocenters. The number of hydrogen-bond donors (Lipinski definition) is 4. The molecule has 0 fully saturated rings. The molecule has 0 radical (unpaired) electrons. The van der Waals surface area contributed by atoms with Gasteiger partial charge in [-0.2, -0.15) is 0 Å². The van der Waals surface area contributed by atoms with Gasteiger partial charge in [-0.05, 0) is 18.2 Å². The molecule has 5 N–H and O–H groups in total. The Labute approximate surface area is 120 Å². The minimum absolute atomic E-state index is 0.137. The minimum atomic E-state index is -3.96. The number of ether oxygens (including phenoxy) is 1. The molecule has 1 aromatic carbocycles. The Morgan fingerprint density at radius 2 is 2.24 bits per heavy atom. The van der Waals surface area contributed by atoms with Crippen LogP contribution >= 0.6 is 0 Å². The van der Waals surface area contributed by atoms with Crippen LogP contribution in [0.2, 0.25) is 0 Å². The zero-order valence-electron chi connectivity index (χ0n) is 10.7. The number of nitrogens with two attached hydrogens (primary N) is 1. The number of primary amides is 1. The van der Waals surface area contributed by atoms with Crippen LogP contribution in [-0.2, 0) is 19.6 Å². The van der Waals surface area contributed by atoms with Crippen molar-refractivity contribution in [2.75, 3.05) is 18.5 Å². The van der Waals surface area contributed by atoms with Crippen molar-refractivity contribution in [3.8, 4) is 5.75 Å². The average Bonchev–Trinajstić information content (AvgIpc) is 2.43. The Morgan fingerprint density at radius 3 is 2.90 bits per heavy atom. The fourth-order valence-corrected chi connectivity index (χ4v) is 2.67. The molecule has 1 aromatic rings. The highest BCUT2D eigenvalue weighted by Crippen LogP contribution is 2.29. The topological polar surface area (TPSA) is 148 Å². The van der Waals surface area contributed by atoms with Crippen molar-refractivity contribution < 1.29 is 27.9 Å². The van der Waals surface area contributed by atoms with E-state index in [-0.39, 0.29) is 17.2 Å². The molecule has 0 spiro atoms. The number of rotatable bonds is 5. The summed E-state index contributed by atoms with van der Waals surface area (Å²) in [5, 5.41) is 11.7. The van der Waals surface area contributed by atoms with Gasteiger partial charge in [0.25, 0.3) is 5.91 Å². The van der Waals surface area contributed by atoms with E-state index < -0.39 is 34.5 Å². The predicted octanol–water partition coefficient (Wildman–Crippen LogP) is -1.86. The molecule has 0 saturated heterocycles. The molecule has 10 heteroatoms. The number of nitrogens with one attached hydrogen (secondary N) is 2. The van der Waals surface area contributed by atoms with Gasteiger partial charge in [-0.15, -0.1) is 0 Å². The van der Waals surface area contributed by atoms with Crippen LogP contribution in [0, 0.1) is 0 Å². The first-order valence-corrected chi connectivity index (χ1v) is 7.31. The molecular weight excluding hydrogens is 302 g/mol. The molecule has 1 heterocycles. The quantitative estimate of drug-likeness (QED) is 0.501. The zero-order valence-corrected chi connectivity index (χ0v) is 11.5.